The molecule has 4 nitrogen and oxygen atoms in total. The zero-order valence-corrected chi connectivity index (χ0v) is 23.3. The van der Waals surface area contributed by atoms with Crippen molar-refractivity contribution < 1.29 is 0 Å². The van der Waals surface area contributed by atoms with E-state index in [0.717, 1.165) is 45.2 Å². The van der Waals surface area contributed by atoms with Crippen molar-refractivity contribution in [3.63, 3.8) is 0 Å². The van der Waals surface area contributed by atoms with Crippen LogP contribution in [0.1, 0.15) is 0 Å². The fourth-order valence-electron chi connectivity index (χ4n) is 5.77. The fraction of sp³-hybridized carbons (Fsp3) is 0. The molecule has 0 fully saturated rings. The van der Waals surface area contributed by atoms with Gasteiger partial charge in [0.05, 0.1) is 33.8 Å². The Balaban J connectivity index is 1.20. The molecule has 8 aromatic rings. The van der Waals surface area contributed by atoms with E-state index in [9.17, 15) is 0 Å². The van der Waals surface area contributed by atoms with Gasteiger partial charge >= 0.3 is 0 Å². The average molecular weight is 551 g/mol. The van der Waals surface area contributed by atoms with E-state index in [2.05, 4.69) is 95.6 Å². The van der Waals surface area contributed by atoms with Crippen molar-refractivity contribution in [3.8, 4) is 51.0 Å². The van der Waals surface area contributed by atoms with Crippen molar-refractivity contribution in [1.82, 2.24) is 19.5 Å². The average Bonchev–Trinajstić information content (AvgIpc) is 3.43. The van der Waals surface area contributed by atoms with Crippen molar-refractivity contribution in [2.75, 3.05) is 0 Å². The molecule has 0 radical (unpaired) electrons. The summed E-state index contributed by atoms with van der Waals surface area (Å²) in [5.74, 6) is 0.680. The van der Waals surface area contributed by atoms with Gasteiger partial charge in [0.25, 0.3) is 0 Å². The first-order valence-corrected chi connectivity index (χ1v) is 14.4. The molecular weight excluding hydrogens is 524 g/mol. The summed E-state index contributed by atoms with van der Waals surface area (Å²) in [5.41, 5.74) is 9.93. The summed E-state index contributed by atoms with van der Waals surface area (Å²) in [6.45, 7) is 0. The Morgan fingerprint density at radius 3 is 1.56 bits per heavy atom. The number of para-hydroxylation sites is 2. The zero-order valence-electron chi connectivity index (χ0n) is 23.3. The molecule has 0 atom stereocenters. The van der Waals surface area contributed by atoms with E-state index < -0.39 is 0 Å². The maximum absolute atomic E-state index is 5.08. The predicted molar refractivity (Wildman–Crippen MR) is 176 cm³/mol. The van der Waals surface area contributed by atoms with Crippen molar-refractivity contribution in [1.29, 1.82) is 0 Å². The van der Waals surface area contributed by atoms with Gasteiger partial charge in [-0.15, -0.1) is 0 Å². The van der Waals surface area contributed by atoms with Gasteiger partial charge in [-0.05, 0) is 42.5 Å². The lowest BCUT2D eigenvalue weighted by atomic mass is 10.1. The number of rotatable bonds is 5. The standard InChI is InChI=1S/C39H26N4/c1-3-12-27(13-4-1)35-26-36(42-39(41-35)29-14-5-2-6-15-29)34-19-11-18-33(40-34)28-22-24-30(25-23-28)43-37-20-9-7-16-31(37)32-17-8-10-21-38(32)43/h1-26H. The highest BCUT2D eigenvalue weighted by molar-refractivity contribution is 6.09. The Morgan fingerprint density at radius 1 is 0.349 bits per heavy atom. The first-order chi connectivity index (χ1) is 21.3. The minimum absolute atomic E-state index is 0.680. The van der Waals surface area contributed by atoms with Crippen molar-refractivity contribution in [3.05, 3.63) is 158 Å². The molecule has 0 spiro atoms. The molecule has 0 aliphatic carbocycles. The van der Waals surface area contributed by atoms with Gasteiger partial charge in [0.1, 0.15) is 0 Å². The predicted octanol–water partition coefficient (Wildman–Crippen LogP) is 9.64. The van der Waals surface area contributed by atoms with Crippen molar-refractivity contribution >= 4 is 21.8 Å². The number of aromatic nitrogens is 4. The van der Waals surface area contributed by atoms with Gasteiger partial charge in [0.2, 0.25) is 0 Å². The summed E-state index contributed by atoms with van der Waals surface area (Å²) in [4.78, 5) is 15.0. The summed E-state index contributed by atoms with van der Waals surface area (Å²) >= 11 is 0. The molecule has 202 valence electrons. The van der Waals surface area contributed by atoms with Gasteiger partial charge in [0.15, 0.2) is 5.82 Å². The highest BCUT2D eigenvalue weighted by atomic mass is 15.0. The summed E-state index contributed by atoms with van der Waals surface area (Å²) < 4.78 is 2.33. The third kappa shape index (κ3) is 4.55. The van der Waals surface area contributed by atoms with E-state index in [1.54, 1.807) is 0 Å². The van der Waals surface area contributed by atoms with Crippen LogP contribution in [0.3, 0.4) is 0 Å². The lowest BCUT2D eigenvalue weighted by Crippen LogP contribution is -1.97. The summed E-state index contributed by atoms with van der Waals surface area (Å²) in [5, 5.41) is 2.51. The lowest BCUT2D eigenvalue weighted by Gasteiger charge is -2.11. The fourth-order valence-corrected chi connectivity index (χ4v) is 5.77. The smallest absolute Gasteiger partial charge is 0.160 e. The van der Waals surface area contributed by atoms with E-state index in [1.165, 1.54) is 21.8 Å². The highest BCUT2D eigenvalue weighted by Crippen LogP contribution is 2.33. The number of hydrogen-bond donors (Lipinski definition) is 0. The number of hydrogen-bond acceptors (Lipinski definition) is 3. The van der Waals surface area contributed by atoms with Crippen LogP contribution in [0.4, 0.5) is 0 Å². The Bertz CT molecular complexity index is 2110. The minimum atomic E-state index is 0.680. The molecule has 4 heteroatoms. The number of fused-ring (bicyclic) bond motifs is 3. The van der Waals surface area contributed by atoms with Crippen LogP contribution >= 0.6 is 0 Å². The van der Waals surface area contributed by atoms with Gasteiger partial charge in [-0.2, -0.15) is 0 Å². The zero-order chi connectivity index (χ0) is 28.6. The topological polar surface area (TPSA) is 43.6 Å². The van der Waals surface area contributed by atoms with Gasteiger partial charge in [0, 0.05) is 33.2 Å². The van der Waals surface area contributed by atoms with Crippen LogP contribution in [0.25, 0.3) is 72.8 Å². The van der Waals surface area contributed by atoms with Crippen LogP contribution in [-0.4, -0.2) is 19.5 Å². The molecule has 0 saturated heterocycles. The molecule has 0 unspecified atom stereocenters. The van der Waals surface area contributed by atoms with Crippen LogP contribution < -0.4 is 0 Å². The number of nitrogens with zero attached hydrogens (tertiary/aromatic N) is 4. The molecule has 8 rings (SSSR count). The highest BCUT2D eigenvalue weighted by Gasteiger charge is 2.14. The summed E-state index contributed by atoms with van der Waals surface area (Å²) in [6, 6.07) is 54.3. The van der Waals surface area contributed by atoms with E-state index in [0.29, 0.717) is 5.82 Å². The molecule has 43 heavy (non-hydrogen) atoms. The number of pyridine rings is 1. The number of benzene rings is 5. The quantitative estimate of drug-likeness (QED) is 0.214. The van der Waals surface area contributed by atoms with Crippen LogP contribution in [0, 0.1) is 0 Å². The summed E-state index contributed by atoms with van der Waals surface area (Å²) in [7, 11) is 0. The first kappa shape index (κ1) is 24.9. The lowest BCUT2D eigenvalue weighted by molar-refractivity contribution is 1.16. The second-order valence-electron chi connectivity index (χ2n) is 10.5. The van der Waals surface area contributed by atoms with Crippen LogP contribution in [0.2, 0.25) is 0 Å². The molecule has 0 aliphatic rings. The molecule has 5 aromatic carbocycles. The summed E-state index contributed by atoms with van der Waals surface area (Å²) in [6.07, 6.45) is 0. The van der Waals surface area contributed by atoms with Crippen LogP contribution in [0.15, 0.2) is 158 Å². The Morgan fingerprint density at radius 2 is 0.884 bits per heavy atom. The Hall–Kier alpha value is -5.87. The molecule has 0 saturated carbocycles. The molecule has 3 aromatic heterocycles. The minimum Gasteiger partial charge on any atom is -0.309 e. The van der Waals surface area contributed by atoms with Gasteiger partial charge in [-0.25, -0.2) is 15.0 Å². The van der Waals surface area contributed by atoms with Crippen LogP contribution in [-0.2, 0) is 0 Å². The molecule has 0 N–H and O–H groups in total. The Labute approximate surface area is 249 Å². The van der Waals surface area contributed by atoms with Crippen molar-refractivity contribution in [2.45, 2.75) is 0 Å². The normalized spacial score (nSPS) is 11.3. The van der Waals surface area contributed by atoms with E-state index >= 15 is 0 Å². The largest absolute Gasteiger partial charge is 0.309 e. The first-order valence-electron chi connectivity index (χ1n) is 14.4. The van der Waals surface area contributed by atoms with E-state index in [-0.39, 0.29) is 0 Å². The van der Waals surface area contributed by atoms with Gasteiger partial charge in [-0.3, -0.25) is 0 Å². The van der Waals surface area contributed by atoms with E-state index in [4.69, 9.17) is 15.0 Å². The second kappa shape index (κ2) is 10.5. The SMILES string of the molecule is c1ccc(-c2cc(-c3cccc(-c4ccc(-n5c6ccccc6c6ccccc65)cc4)n3)nc(-c3ccccc3)n2)cc1. The monoisotopic (exact) mass is 550 g/mol. The van der Waals surface area contributed by atoms with Crippen LogP contribution in [0.5, 0.6) is 0 Å². The maximum atomic E-state index is 5.08. The maximum Gasteiger partial charge on any atom is 0.160 e. The third-order valence-electron chi connectivity index (χ3n) is 7.84. The van der Waals surface area contributed by atoms with E-state index in [1.807, 2.05) is 66.7 Å². The molecule has 3 heterocycles. The molecule has 0 aliphatic heterocycles. The van der Waals surface area contributed by atoms with Crippen molar-refractivity contribution in [2.24, 2.45) is 0 Å². The third-order valence-corrected chi connectivity index (χ3v) is 7.84. The van der Waals surface area contributed by atoms with Gasteiger partial charge < -0.3 is 4.57 Å². The van der Waals surface area contributed by atoms with Gasteiger partial charge in [-0.1, -0.05) is 115 Å². The molecular formula is C39H26N4. The Kier molecular flexibility index (Phi) is 6.08. The molecule has 0 amide bonds. The molecule has 0 bridgehead atoms. The second-order valence-corrected chi connectivity index (χ2v) is 10.5.